The summed E-state index contributed by atoms with van der Waals surface area (Å²) in [5.41, 5.74) is 0.527. The molecule has 7 nitrogen and oxygen atoms in total. The van der Waals surface area contributed by atoms with Crippen LogP contribution in [0, 0.1) is 5.41 Å². The molecule has 0 fully saturated rings. The van der Waals surface area contributed by atoms with Crippen LogP contribution in [0.2, 0.25) is 0 Å². The Hall–Kier alpha value is -3.86. The van der Waals surface area contributed by atoms with Crippen molar-refractivity contribution in [1.29, 1.82) is 0 Å². The fraction of sp³-hybridized carbons (Fsp3) is 0.269. The van der Waals surface area contributed by atoms with Crippen molar-refractivity contribution in [3.05, 3.63) is 70.6 Å². The number of ether oxygens (including phenoxy) is 2. The molecule has 0 saturated carbocycles. The van der Waals surface area contributed by atoms with Crippen LogP contribution in [0.5, 0.6) is 11.5 Å². The van der Waals surface area contributed by atoms with Gasteiger partial charge in [-0.25, -0.2) is 9.97 Å². The minimum absolute atomic E-state index is 0.0868. The van der Waals surface area contributed by atoms with Crippen molar-refractivity contribution in [2.24, 2.45) is 5.41 Å². The Bertz CT molecular complexity index is 1450. The van der Waals surface area contributed by atoms with Gasteiger partial charge in [0.2, 0.25) is 0 Å². The molecule has 1 amide bonds. The van der Waals surface area contributed by atoms with Crippen molar-refractivity contribution in [3.63, 3.8) is 0 Å². The number of hydrogen-bond donors (Lipinski definition) is 1. The summed E-state index contributed by atoms with van der Waals surface area (Å²) < 4.78 is 51.9. The average Bonchev–Trinajstić information content (AvgIpc) is 3.45. The Morgan fingerprint density at radius 2 is 1.89 bits per heavy atom. The predicted molar refractivity (Wildman–Crippen MR) is 137 cm³/mol. The van der Waals surface area contributed by atoms with Crippen molar-refractivity contribution in [3.8, 4) is 11.5 Å². The fourth-order valence-electron chi connectivity index (χ4n) is 3.41. The molecule has 0 saturated heterocycles. The summed E-state index contributed by atoms with van der Waals surface area (Å²) >= 11 is 0.696. The van der Waals surface area contributed by atoms with Gasteiger partial charge in [0.25, 0.3) is 5.91 Å². The van der Waals surface area contributed by atoms with E-state index in [4.69, 9.17) is 9.47 Å². The van der Waals surface area contributed by atoms with E-state index < -0.39 is 17.8 Å². The first-order valence-electron chi connectivity index (χ1n) is 11.3. The smallest absolute Gasteiger partial charge is 0.434 e. The topological polar surface area (TPSA) is 77.8 Å². The SMILES string of the molecule is COc1cccc(/C=C/c2nc3ccccn3c2C(=O)Nc2nc(C(F)(F)F)cs2)c1OCC(C)(C)C. The summed E-state index contributed by atoms with van der Waals surface area (Å²) in [5, 5.41) is 3.15. The molecule has 0 radical (unpaired) electrons. The third-order valence-corrected chi connectivity index (χ3v) is 5.84. The van der Waals surface area contributed by atoms with Gasteiger partial charge in [0, 0.05) is 17.1 Å². The molecule has 0 bridgehead atoms. The van der Waals surface area contributed by atoms with E-state index in [1.54, 1.807) is 54.1 Å². The highest BCUT2D eigenvalue weighted by molar-refractivity contribution is 7.14. The summed E-state index contributed by atoms with van der Waals surface area (Å²) in [6.45, 7) is 6.61. The molecule has 4 rings (SSSR count). The number of halogens is 3. The number of rotatable bonds is 7. The highest BCUT2D eigenvalue weighted by Gasteiger charge is 2.34. The zero-order valence-corrected chi connectivity index (χ0v) is 21.4. The standard InChI is InChI=1S/C26H25F3N4O3S/c1-25(2,3)15-36-22-16(8-7-9-18(22)35-4)11-12-17-21(33-13-6-5-10-20(33)30-17)23(34)32-24-31-19(14-37-24)26(27,28)29/h5-14H,15H2,1-4H3,(H,31,32,34)/b12-11+. The number of nitrogens with one attached hydrogen (secondary N) is 1. The molecule has 37 heavy (non-hydrogen) atoms. The van der Waals surface area contributed by atoms with Gasteiger partial charge >= 0.3 is 6.18 Å². The Balaban J connectivity index is 1.70. The number of carbonyl (C=O) groups excluding carboxylic acids is 1. The molecule has 4 aromatic rings. The van der Waals surface area contributed by atoms with E-state index in [-0.39, 0.29) is 16.2 Å². The third kappa shape index (κ3) is 6.11. The van der Waals surface area contributed by atoms with Gasteiger partial charge in [0.1, 0.15) is 11.3 Å². The van der Waals surface area contributed by atoms with Gasteiger partial charge in [-0.1, -0.05) is 39.0 Å². The zero-order chi connectivity index (χ0) is 26.8. The number of thiazole rings is 1. The van der Waals surface area contributed by atoms with Gasteiger partial charge in [-0.15, -0.1) is 11.3 Å². The number of imidazole rings is 1. The molecule has 194 valence electrons. The average molecular weight is 531 g/mol. The maximum absolute atomic E-state index is 13.2. The van der Waals surface area contributed by atoms with Crippen molar-refractivity contribution >= 4 is 40.2 Å². The number of alkyl halides is 3. The number of aromatic nitrogens is 3. The van der Waals surface area contributed by atoms with E-state index >= 15 is 0 Å². The van der Waals surface area contributed by atoms with E-state index in [0.717, 1.165) is 5.38 Å². The van der Waals surface area contributed by atoms with Crippen LogP contribution in [-0.4, -0.2) is 34.0 Å². The van der Waals surface area contributed by atoms with Crippen LogP contribution in [0.25, 0.3) is 17.8 Å². The van der Waals surface area contributed by atoms with Crippen molar-refractivity contribution in [1.82, 2.24) is 14.4 Å². The van der Waals surface area contributed by atoms with E-state index in [9.17, 15) is 18.0 Å². The molecule has 0 aliphatic carbocycles. The first-order valence-corrected chi connectivity index (χ1v) is 12.1. The molecule has 0 aliphatic heterocycles. The van der Waals surface area contributed by atoms with Crippen LogP contribution in [0.3, 0.4) is 0 Å². The molecule has 11 heteroatoms. The summed E-state index contributed by atoms with van der Waals surface area (Å²) in [6, 6.07) is 10.7. The Kier molecular flexibility index (Phi) is 7.26. The molecular formula is C26H25F3N4O3S. The van der Waals surface area contributed by atoms with Gasteiger partial charge in [-0.2, -0.15) is 13.2 Å². The molecular weight excluding hydrogens is 505 g/mol. The Morgan fingerprint density at radius 3 is 2.57 bits per heavy atom. The van der Waals surface area contributed by atoms with E-state index in [1.807, 2.05) is 12.1 Å². The summed E-state index contributed by atoms with van der Waals surface area (Å²) in [6.07, 6.45) is 0.467. The number of benzene rings is 1. The quantitative estimate of drug-likeness (QED) is 0.289. The van der Waals surface area contributed by atoms with Crippen molar-refractivity contribution in [2.45, 2.75) is 26.9 Å². The van der Waals surface area contributed by atoms with E-state index in [0.29, 0.717) is 46.3 Å². The van der Waals surface area contributed by atoms with Gasteiger partial charge in [-0.05, 0) is 35.8 Å². The number of nitrogens with zero attached hydrogens (tertiary/aromatic N) is 3. The van der Waals surface area contributed by atoms with Crippen LogP contribution in [0.4, 0.5) is 18.3 Å². The van der Waals surface area contributed by atoms with Crippen molar-refractivity contribution in [2.75, 3.05) is 19.0 Å². The highest BCUT2D eigenvalue weighted by atomic mass is 32.1. The minimum atomic E-state index is -4.60. The molecule has 0 unspecified atom stereocenters. The van der Waals surface area contributed by atoms with Crippen LogP contribution in [-0.2, 0) is 6.18 Å². The lowest BCUT2D eigenvalue weighted by molar-refractivity contribution is -0.140. The highest BCUT2D eigenvalue weighted by Crippen LogP contribution is 2.34. The minimum Gasteiger partial charge on any atom is -0.493 e. The van der Waals surface area contributed by atoms with Gasteiger partial charge in [0.15, 0.2) is 22.3 Å². The second-order valence-electron chi connectivity index (χ2n) is 9.33. The van der Waals surface area contributed by atoms with E-state index in [2.05, 4.69) is 36.1 Å². The summed E-state index contributed by atoms with van der Waals surface area (Å²) in [7, 11) is 1.56. The molecule has 0 atom stereocenters. The number of pyridine rings is 1. The molecule has 0 aliphatic rings. The number of hydrogen-bond acceptors (Lipinski definition) is 6. The second kappa shape index (κ2) is 10.3. The number of amides is 1. The number of carbonyl (C=O) groups is 1. The fourth-order valence-corrected chi connectivity index (χ4v) is 4.12. The first-order chi connectivity index (χ1) is 17.5. The Labute approximate surface area is 215 Å². The maximum atomic E-state index is 13.2. The largest absolute Gasteiger partial charge is 0.493 e. The predicted octanol–water partition coefficient (Wildman–Crippen LogP) is 6.67. The lowest BCUT2D eigenvalue weighted by Crippen LogP contribution is -2.17. The van der Waals surface area contributed by atoms with E-state index in [1.165, 1.54) is 0 Å². The molecule has 1 aromatic carbocycles. The van der Waals surface area contributed by atoms with Gasteiger partial charge in [0.05, 0.1) is 19.4 Å². The maximum Gasteiger partial charge on any atom is 0.434 e. The lowest BCUT2D eigenvalue weighted by Gasteiger charge is -2.21. The monoisotopic (exact) mass is 530 g/mol. The van der Waals surface area contributed by atoms with Gasteiger partial charge < -0.3 is 9.47 Å². The Morgan fingerprint density at radius 1 is 1.11 bits per heavy atom. The first kappa shape index (κ1) is 26.2. The van der Waals surface area contributed by atoms with Gasteiger partial charge in [-0.3, -0.25) is 14.5 Å². The van der Waals surface area contributed by atoms with Crippen LogP contribution in [0.15, 0.2) is 48.0 Å². The van der Waals surface area contributed by atoms with Crippen LogP contribution < -0.4 is 14.8 Å². The zero-order valence-electron chi connectivity index (χ0n) is 20.6. The second-order valence-corrected chi connectivity index (χ2v) is 10.2. The third-order valence-electron chi connectivity index (χ3n) is 5.09. The van der Waals surface area contributed by atoms with Crippen LogP contribution in [0.1, 0.15) is 48.2 Å². The number of anilines is 1. The molecule has 1 N–H and O–H groups in total. The number of methoxy groups -OCH3 is 1. The summed E-state index contributed by atoms with van der Waals surface area (Å²) in [5.74, 6) is 0.466. The lowest BCUT2D eigenvalue weighted by atomic mass is 9.98. The summed E-state index contributed by atoms with van der Waals surface area (Å²) in [4.78, 5) is 21.2. The number of fused-ring (bicyclic) bond motifs is 1. The van der Waals surface area contributed by atoms with Crippen LogP contribution >= 0.6 is 11.3 Å². The number of para-hydroxylation sites is 1. The molecule has 3 aromatic heterocycles. The molecule has 0 spiro atoms. The van der Waals surface area contributed by atoms with Crippen molar-refractivity contribution < 1.29 is 27.4 Å². The molecule has 3 heterocycles. The normalized spacial score (nSPS) is 12.3.